The van der Waals surface area contributed by atoms with Gasteiger partial charge in [-0.05, 0) is 43.6 Å². The smallest absolute Gasteiger partial charge is 0.0224 e. The largest absolute Gasteiger partial charge is 0.329 e. The molecule has 1 aliphatic rings. The molecule has 0 aliphatic carbocycles. The van der Waals surface area contributed by atoms with E-state index in [9.17, 15) is 0 Å². The molecule has 0 bridgehead atoms. The van der Waals surface area contributed by atoms with E-state index in [-0.39, 0.29) is 0 Å². The van der Waals surface area contributed by atoms with Gasteiger partial charge in [0.2, 0.25) is 0 Å². The quantitative estimate of drug-likeness (QED) is 0.892. The van der Waals surface area contributed by atoms with Crippen LogP contribution < -0.4 is 5.73 Å². The number of likely N-dealkylation sites (tertiary alicyclic amines) is 1. The van der Waals surface area contributed by atoms with Gasteiger partial charge in [0.1, 0.15) is 0 Å². The maximum absolute atomic E-state index is 6.08. The van der Waals surface area contributed by atoms with E-state index in [1.165, 1.54) is 24.9 Å². The van der Waals surface area contributed by atoms with Crippen LogP contribution in [0.2, 0.25) is 0 Å². The van der Waals surface area contributed by atoms with Crippen LogP contribution in [0.15, 0.2) is 30.3 Å². The van der Waals surface area contributed by atoms with Crippen LogP contribution in [-0.2, 0) is 6.42 Å². The summed E-state index contributed by atoms with van der Waals surface area (Å²) in [4.78, 5) is 2.67. The minimum absolute atomic E-state index is 0.524. The van der Waals surface area contributed by atoms with Crippen LogP contribution in [0.3, 0.4) is 0 Å². The van der Waals surface area contributed by atoms with Gasteiger partial charge in [0, 0.05) is 25.2 Å². The summed E-state index contributed by atoms with van der Waals surface area (Å²) in [6.45, 7) is 9.12. The Morgan fingerprint density at radius 2 is 1.90 bits per heavy atom. The minimum Gasteiger partial charge on any atom is -0.329 e. The number of nitrogens with two attached hydrogens (primary N) is 1. The second-order valence-corrected chi connectivity index (χ2v) is 6.67. The Morgan fingerprint density at radius 1 is 1.20 bits per heavy atom. The molecule has 1 aromatic carbocycles. The average Bonchev–Trinajstić information content (AvgIpc) is 2.45. The van der Waals surface area contributed by atoms with Gasteiger partial charge in [-0.1, -0.05) is 44.2 Å². The molecule has 0 spiro atoms. The van der Waals surface area contributed by atoms with Crippen molar-refractivity contribution < 1.29 is 0 Å². The Bertz CT molecular complexity index is 390. The topological polar surface area (TPSA) is 29.3 Å². The second kappa shape index (κ2) is 7.24. The number of piperidine rings is 1. The lowest BCUT2D eigenvalue weighted by atomic mass is 9.84. The normalized spacial score (nSPS) is 29.3. The van der Waals surface area contributed by atoms with E-state index < -0.39 is 0 Å². The third-order valence-corrected chi connectivity index (χ3v) is 4.99. The minimum atomic E-state index is 0.524. The molecular formula is C18H30N2. The van der Waals surface area contributed by atoms with Crippen LogP contribution in [0.4, 0.5) is 0 Å². The SMILES string of the molecule is CC1CC(C)C(C)N(C(CN)CCc2ccccc2)C1. The summed E-state index contributed by atoms with van der Waals surface area (Å²) < 4.78 is 0. The highest BCUT2D eigenvalue weighted by Gasteiger charge is 2.32. The standard InChI is InChI=1S/C18H30N2/c1-14-11-15(2)16(3)20(13-14)18(12-19)10-9-17-7-5-4-6-8-17/h4-8,14-16,18H,9-13,19H2,1-3H3. The molecule has 0 aromatic heterocycles. The van der Waals surface area contributed by atoms with E-state index in [1.807, 2.05) is 0 Å². The molecular weight excluding hydrogens is 244 g/mol. The average molecular weight is 274 g/mol. The molecule has 1 heterocycles. The molecule has 2 rings (SSSR count). The van der Waals surface area contributed by atoms with Gasteiger partial charge in [0.25, 0.3) is 0 Å². The number of rotatable bonds is 5. The summed E-state index contributed by atoms with van der Waals surface area (Å²) in [5, 5.41) is 0. The Hall–Kier alpha value is -0.860. The first-order valence-corrected chi connectivity index (χ1v) is 8.11. The van der Waals surface area contributed by atoms with E-state index in [2.05, 4.69) is 56.0 Å². The van der Waals surface area contributed by atoms with E-state index in [1.54, 1.807) is 0 Å². The fourth-order valence-corrected chi connectivity index (χ4v) is 3.64. The van der Waals surface area contributed by atoms with Gasteiger partial charge in [-0.25, -0.2) is 0 Å². The summed E-state index contributed by atoms with van der Waals surface area (Å²) in [7, 11) is 0. The van der Waals surface area contributed by atoms with Gasteiger partial charge in [-0.15, -0.1) is 0 Å². The van der Waals surface area contributed by atoms with Gasteiger partial charge in [0.15, 0.2) is 0 Å². The zero-order chi connectivity index (χ0) is 14.5. The number of nitrogens with zero attached hydrogens (tertiary/aromatic N) is 1. The molecule has 0 saturated carbocycles. The highest BCUT2D eigenvalue weighted by atomic mass is 15.2. The van der Waals surface area contributed by atoms with Crippen molar-refractivity contribution in [1.29, 1.82) is 0 Å². The molecule has 4 atom stereocenters. The number of hydrogen-bond donors (Lipinski definition) is 1. The predicted octanol–water partition coefficient (Wildman–Crippen LogP) is 3.31. The van der Waals surface area contributed by atoms with Crippen LogP contribution in [0.5, 0.6) is 0 Å². The molecule has 2 N–H and O–H groups in total. The first-order valence-electron chi connectivity index (χ1n) is 8.11. The molecule has 1 aromatic rings. The Kier molecular flexibility index (Phi) is 5.62. The number of aryl methyl sites for hydroxylation is 1. The van der Waals surface area contributed by atoms with E-state index in [4.69, 9.17) is 5.73 Å². The predicted molar refractivity (Wildman–Crippen MR) is 86.7 cm³/mol. The van der Waals surface area contributed by atoms with Crippen LogP contribution in [0, 0.1) is 11.8 Å². The Morgan fingerprint density at radius 3 is 2.55 bits per heavy atom. The lowest BCUT2D eigenvalue weighted by Crippen LogP contribution is -2.53. The van der Waals surface area contributed by atoms with Crippen molar-refractivity contribution in [3.8, 4) is 0 Å². The molecule has 0 radical (unpaired) electrons. The van der Waals surface area contributed by atoms with Crippen LogP contribution in [0.25, 0.3) is 0 Å². The number of hydrogen-bond acceptors (Lipinski definition) is 2. The summed E-state index contributed by atoms with van der Waals surface area (Å²) in [5.41, 5.74) is 7.51. The molecule has 4 unspecified atom stereocenters. The molecule has 112 valence electrons. The van der Waals surface area contributed by atoms with Gasteiger partial charge >= 0.3 is 0 Å². The Balaban J connectivity index is 1.96. The third kappa shape index (κ3) is 3.83. The van der Waals surface area contributed by atoms with E-state index in [0.717, 1.165) is 24.8 Å². The zero-order valence-corrected chi connectivity index (χ0v) is 13.3. The summed E-state index contributed by atoms with van der Waals surface area (Å²) >= 11 is 0. The summed E-state index contributed by atoms with van der Waals surface area (Å²) in [6, 6.07) is 12.0. The molecule has 1 aliphatic heterocycles. The van der Waals surface area contributed by atoms with Gasteiger partial charge < -0.3 is 5.73 Å². The molecule has 20 heavy (non-hydrogen) atoms. The van der Waals surface area contributed by atoms with Crippen LogP contribution >= 0.6 is 0 Å². The van der Waals surface area contributed by atoms with E-state index in [0.29, 0.717) is 12.1 Å². The highest BCUT2D eigenvalue weighted by Crippen LogP contribution is 2.29. The van der Waals surface area contributed by atoms with Crippen LogP contribution in [-0.4, -0.2) is 30.1 Å². The summed E-state index contributed by atoms with van der Waals surface area (Å²) in [6.07, 6.45) is 3.66. The van der Waals surface area contributed by atoms with Crippen molar-refractivity contribution in [3.63, 3.8) is 0 Å². The van der Waals surface area contributed by atoms with Gasteiger partial charge in [-0.3, -0.25) is 4.90 Å². The maximum atomic E-state index is 6.08. The first kappa shape index (κ1) is 15.5. The lowest BCUT2D eigenvalue weighted by molar-refractivity contribution is 0.0400. The van der Waals surface area contributed by atoms with Crippen molar-refractivity contribution in [2.24, 2.45) is 17.6 Å². The monoisotopic (exact) mass is 274 g/mol. The highest BCUT2D eigenvalue weighted by molar-refractivity contribution is 5.14. The zero-order valence-electron chi connectivity index (χ0n) is 13.3. The molecule has 0 amide bonds. The second-order valence-electron chi connectivity index (χ2n) is 6.67. The van der Waals surface area contributed by atoms with Crippen molar-refractivity contribution >= 4 is 0 Å². The fraction of sp³-hybridized carbons (Fsp3) is 0.667. The molecule has 2 nitrogen and oxygen atoms in total. The fourth-order valence-electron chi connectivity index (χ4n) is 3.64. The first-order chi connectivity index (χ1) is 9.61. The van der Waals surface area contributed by atoms with Crippen molar-refractivity contribution in [3.05, 3.63) is 35.9 Å². The molecule has 1 fully saturated rings. The summed E-state index contributed by atoms with van der Waals surface area (Å²) in [5.74, 6) is 1.58. The van der Waals surface area contributed by atoms with Crippen molar-refractivity contribution in [1.82, 2.24) is 4.90 Å². The Labute approximate surface area is 124 Å². The van der Waals surface area contributed by atoms with Crippen molar-refractivity contribution in [2.75, 3.05) is 13.1 Å². The molecule has 1 saturated heterocycles. The third-order valence-electron chi connectivity index (χ3n) is 4.99. The van der Waals surface area contributed by atoms with Gasteiger partial charge in [-0.2, -0.15) is 0 Å². The van der Waals surface area contributed by atoms with Gasteiger partial charge in [0.05, 0.1) is 0 Å². The van der Waals surface area contributed by atoms with E-state index >= 15 is 0 Å². The van der Waals surface area contributed by atoms with Crippen molar-refractivity contribution in [2.45, 2.75) is 52.1 Å². The van der Waals surface area contributed by atoms with Crippen LogP contribution in [0.1, 0.15) is 39.2 Å². The maximum Gasteiger partial charge on any atom is 0.0224 e. The number of benzene rings is 1. The molecule has 2 heteroatoms. The lowest BCUT2D eigenvalue weighted by Gasteiger charge is -2.45.